The molecule has 2 aromatic rings. The van der Waals surface area contributed by atoms with Gasteiger partial charge in [0.15, 0.2) is 0 Å². The van der Waals surface area contributed by atoms with Gasteiger partial charge in [-0.25, -0.2) is 9.78 Å². The molecule has 0 aromatic carbocycles. The molecule has 0 radical (unpaired) electrons. The number of hydrogen-bond donors (Lipinski definition) is 2. The van der Waals surface area contributed by atoms with Gasteiger partial charge in [-0.1, -0.05) is 0 Å². The van der Waals surface area contributed by atoms with E-state index in [2.05, 4.69) is 20.6 Å². The first-order valence-corrected chi connectivity index (χ1v) is 7.63. The quantitative estimate of drug-likeness (QED) is 0.909. The number of urea groups is 1. The molecule has 0 bridgehead atoms. The first kappa shape index (κ1) is 15.4. The molecule has 0 saturated carbocycles. The van der Waals surface area contributed by atoms with Crippen LogP contribution in [0.25, 0.3) is 0 Å². The van der Waals surface area contributed by atoms with Gasteiger partial charge in [0.2, 0.25) is 0 Å². The molecule has 2 N–H and O–H groups in total. The number of pyridine rings is 1. The topological polar surface area (TPSA) is 66.9 Å². The molecule has 0 aliphatic rings. The smallest absolute Gasteiger partial charge is 0.319 e. The fourth-order valence-corrected chi connectivity index (χ4v) is 2.97. The summed E-state index contributed by atoms with van der Waals surface area (Å²) in [4.78, 5) is 21.9. The van der Waals surface area contributed by atoms with Gasteiger partial charge in [-0.15, -0.1) is 11.3 Å². The largest absolute Gasteiger partial charge is 0.329 e. The zero-order valence-corrected chi connectivity index (χ0v) is 13.8. The third kappa shape index (κ3) is 3.78. The lowest BCUT2D eigenvalue weighted by Crippen LogP contribution is -2.31. The second-order valence-electron chi connectivity index (χ2n) is 5.17. The molecule has 2 heterocycles. The van der Waals surface area contributed by atoms with E-state index < -0.39 is 0 Å². The summed E-state index contributed by atoms with van der Waals surface area (Å²) < 4.78 is 0. The monoisotopic (exact) mass is 304 g/mol. The number of anilines is 1. The van der Waals surface area contributed by atoms with Crippen molar-refractivity contribution >= 4 is 23.1 Å². The second kappa shape index (κ2) is 6.22. The van der Waals surface area contributed by atoms with E-state index in [9.17, 15) is 4.79 Å². The number of aromatic nitrogens is 2. The summed E-state index contributed by atoms with van der Waals surface area (Å²) in [5.41, 5.74) is 3.54. The number of carbonyl (C=O) groups excluding carboxylic acids is 1. The molecule has 0 fully saturated rings. The minimum absolute atomic E-state index is 0.122. The van der Waals surface area contributed by atoms with Crippen molar-refractivity contribution in [3.8, 4) is 0 Å². The molecular weight excluding hydrogens is 284 g/mol. The lowest BCUT2D eigenvalue weighted by molar-refractivity contribution is 0.249. The molecule has 5 nitrogen and oxygen atoms in total. The van der Waals surface area contributed by atoms with Crippen molar-refractivity contribution < 1.29 is 4.79 Å². The Balaban J connectivity index is 2.05. The molecule has 112 valence electrons. The zero-order valence-electron chi connectivity index (χ0n) is 12.9. The molecule has 1 unspecified atom stereocenters. The molecule has 1 atom stereocenters. The number of rotatable bonds is 3. The molecule has 21 heavy (non-hydrogen) atoms. The van der Waals surface area contributed by atoms with E-state index in [1.54, 1.807) is 11.3 Å². The van der Waals surface area contributed by atoms with E-state index in [1.165, 1.54) is 0 Å². The van der Waals surface area contributed by atoms with Crippen molar-refractivity contribution in [3.05, 3.63) is 39.1 Å². The zero-order chi connectivity index (χ0) is 15.6. The molecule has 0 spiro atoms. The number of aryl methyl sites for hydroxylation is 4. The summed E-state index contributed by atoms with van der Waals surface area (Å²) >= 11 is 1.59. The molecule has 2 aromatic heterocycles. The Morgan fingerprint density at radius 2 is 2.00 bits per heavy atom. The minimum atomic E-state index is -0.243. The van der Waals surface area contributed by atoms with Crippen molar-refractivity contribution in [1.29, 1.82) is 0 Å². The normalized spacial score (nSPS) is 12.0. The fraction of sp³-hybridized carbons (Fsp3) is 0.400. The third-order valence-corrected chi connectivity index (χ3v) is 4.22. The Morgan fingerprint density at radius 3 is 2.57 bits per heavy atom. The SMILES string of the molecule is Cc1cc(C)c(NC(=O)NC(C)c2ncc(C)s2)c(C)n1. The average Bonchev–Trinajstić information content (AvgIpc) is 2.80. The van der Waals surface area contributed by atoms with E-state index in [0.29, 0.717) is 0 Å². The summed E-state index contributed by atoms with van der Waals surface area (Å²) in [6.45, 7) is 9.72. The van der Waals surface area contributed by atoms with Gasteiger partial charge in [-0.3, -0.25) is 4.98 Å². The highest BCUT2D eigenvalue weighted by Crippen LogP contribution is 2.21. The highest BCUT2D eigenvalue weighted by atomic mass is 32.1. The summed E-state index contributed by atoms with van der Waals surface area (Å²) in [5.74, 6) is 0. The van der Waals surface area contributed by atoms with Crippen LogP contribution in [0.3, 0.4) is 0 Å². The van der Waals surface area contributed by atoms with Gasteiger partial charge in [0.1, 0.15) is 5.01 Å². The number of nitrogens with one attached hydrogen (secondary N) is 2. The van der Waals surface area contributed by atoms with Crippen LogP contribution in [0.15, 0.2) is 12.3 Å². The molecule has 6 heteroatoms. The van der Waals surface area contributed by atoms with Gasteiger partial charge in [0, 0.05) is 16.8 Å². The van der Waals surface area contributed by atoms with Gasteiger partial charge < -0.3 is 10.6 Å². The van der Waals surface area contributed by atoms with E-state index in [4.69, 9.17) is 0 Å². The average molecular weight is 304 g/mol. The number of thiazole rings is 1. The predicted octanol–water partition coefficient (Wildman–Crippen LogP) is 3.65. The number of amides is 2. The Labute approximate surface area is 128 Å². The molecular formula is C15H20N4OS. The van der Waals surface area contributed by atoms with Crippen LogP contribution in [0.1, 0.15) is 39.8 Å². The fourth-order valence-electron chi connectivity index (χ4n) is 2.19. The lowest BCUT2D eigenvalue weighted by atomic mass is 10.1. The van der Waals surface area contributed by atoms with Crippen LogP contribution < -0.4 is 10.6 Å². The summed E-state index contributed by atoms with van der Waals surface area (Å²) in [5, 5.41) is 6.68. The van der Waals surface area contributed by atoms with E-state index >= 15 is 0 Å². The minimum Gasteiger partial charge on any atom is -0.329 e. The highest BCUT2D eigenvalue weighted by molar-refractivity contribution is 7.11. The van der Waals surface area contributed by atoms with E-state index in [1.807, 2.05) is 46.9 Å². The summed E-state index contributed by atoms with van der Waals surface area (Å²) in [7, 11) is 0. The number of hydrogen-bond acceptors (Lipinski definition) is 4. The van der Waals surface area contributed by atoms with Crippen molar-refractivity contribution in [2.75, 3.05) is 5.32 Å². The number of carbonyl (C=O) groups is 1. The van der Waals surface area contributed by atoms with Crippen LogP contribution in [0.5, 0.6) is 0 Å². The molecule has 0 saturated heterocycles. The van der Waals surface area contributed by atoms with Crippen LogP contribution in [0, 0.1) is 27.7 Å². The van der Waals surface area contributed by atoms with Gasteiger partial charge >= 0.3 is 6.03 Å². The van der Waals surface area contributed by atoms with Crippen LogP contribution in [0.4, 0.5) is 10.5 Å². The van der Waals surface area contributed by atoms with E-state index in [-0.39, 0.29) is 12.1 Å². The first-order chi connectivity index (χ1) is 9.86. The highest BCUT2D eigenvalue weighted by Gasteiger charge is 2.14. The predicted molar refractivity (Wildman–Crippen MR) is 85.9 cm³/mol. The lowest BCUT2D eigenvalue weighted by Gasteiger charge is -2.15. The summed E-state index contributed by atoms with van der Waals surface area (Å²) in [6, 6.07) is 1.59. The van der Waals surface area contributed by atoms with Crippen molar-refractivity contribution in [1.82, 2.24) is 15.3 Å². The van der Waals surface area contributed by atoms with Crippen molar-refractivity contribution in [2.24, 2.45) is 0 Å². The number of nitrogens with zero attached hydrogens (tertiary/aromatic N) is 2. The Hall–Kier alpha value is -1.95. The van der Waals surface area contributed by atoms with Gasteiger partial charge in [0.25, 0.3) is 0 Å². The maximum absolute atomic E-state index is 12.1. The maximum atomic E-state index is 12.1. The van der Waals surface area contributed by atoms with Crippen LogP contribution >= 0.6 is 11.3 Å². The summed E-state index contributed by atoms with van der Waals surface area (Å²) in [6.07, 6.45) is 1.81. The third-order valence-electron chi connectivity index (χ3n) is 3.12. The van der Waals surface area contributed by atoms with Crippen molar-refractivity contribution in [2.45, 2.75) is 40.7 Å². The molecule has 2 amide bonds. The second-order valence-corrected chi connectivity index (χ2v) is 6.44. The van der Waals surface area contributed by atoms with Crippen LogP contribution in [-0.4, -0.2) is 16.0 Å². The Bertz CT molecular complexity index is 642. The standard InChI is InChI=1S/C15H20N4OS/c1-8-6-9(2)17-11(4)13(8)19-15(20)18-12(5)14-16-7-10(3)21-14/h6-7,12H,1-5H3,(H2,18,19,20). The Kier molecular flexibility index (Phi) is 4.57. The molecule has 0 aliphatic heterocycles. The Morgan fingerprint density at radius 1 is 1.29 bits per heavy atom. The van der Waals surface area contributed by atoms with Crippen LogP contribution in [0.2, 0.25) is 0 Å². The van der Waals surface area contributed by atoms with Gasteiger partial charge in [-0.2, -0.15) is 0 Å². The van der Waals surface area contributed by atoms with Crippen molar-refractivity contribution in [3.63, 3.8) is 0 Å². The van der Waals surface area contributed by atoms with E-state index in [0.717, 1.165) is 32.5 Å². The van der Waals surface area contributed by atoms with Crippen LogP contribution in [-0.2, 0) is 0 Å². The molecule has 0 aliphatic carbocycles. The van der Waals surface area contributed by atoms with Gasteiger partial charge in [-0.05, 0) is 46.2 Å². The molecule has 2 rings (SSSR count). The van der Waals surface area contributed by atoms with Gasteiger partial charge in [0.05, 0.1) is 17.4 Å². The first-order valence-electron chi connectivity index (χ1n) is 6.81. The maximum Gasteiger partial charge on any atom is 0.319 e.